The molecule has 0 aliphatic carbocycles. The first kappa shape index (κ1) is 23.2. The summed E-state index contributed by atoms with van der Waals surface area (Å²) in [6, 6.07) is 19.3. The van der Waals surface area contributed by atoms with E-state index in [2.05, 4.69) is 21.2 Å². The van der Waals surface area contributed by atoms with Crippen LogP contribution in [0.2, 0.25) is 0 Å². The Balaban J connectivity index is 1.47. The molecule has 0 bridgehead atoms. The third-order valence-electron chi connectivity index (χ3n) is 7.14. The number of fused-ring (bicyclic) bond motifs is 5. The largest absolute Gasteiger partial charge is 0.342 e. The van der Waals surface area contributed by atoms with Gasteiger partial charge in [0.25, 0.3) is 10.0 Å². The van der Waals surface area contributed by atoms with Gasteiger partial charge in [0.1, 0.15) is 24.1 Å². The molecule has 4 atom stereocenters. The summed E-state index contributed by atoms with van der Waals surface area (Å²) < 4.78 is 41.8. The smallest absolute Gasteiger partial charge is 0.266 e. The number of anilines is 1. The molecular weight excluding hydrogens is 549 g/mol. The van der Waals surface area contributed by atoms with Crippen molar-refractivity contribution < 1.29 is 22.4 Å². The summed E-state index contributed by atoms with van der Waals surface area (Å²) in [7, 11) is -4.22. The molecule has 184 valence electrons. The van der Waals surface area contributed by atoms with Crippen LogP contribution in [-0.4, -0.2) is 43.4 Å². The van der Waals surface area contributed by atoms with E-state index < -0.39 is 38.4 Å². The van der Waals surface area contributed by atoms with E-state index >= 15 is 0 Å². The highest BCUT2D eigenvalue weighted by molar-refractivity contribution is 9.09. The second-order valence-corrected chi connectivity index (χ2v) is 12.5. The average Bonchev–Trinajstić information content (AvgIpc) is 3.31. The van der Waals surface area contributed by atoms with Gasteiger partial charge in [0.2, 0.25) is 11.8 Å². The van der Waals surface area contributed by atoms with Gasteiger partial charge in [0.15, 0.2) is 0 Å². The number of para-hydroxylation sites is 1. The Morgan fingerprint density at radius 3 is 2.36 bits per heavy atom. The van der Waals surface area contributed by atoms with Crippen molar-refractivity contribution in [3.05, 3.63) is 95.8 Å². The number of nitrogens with one attached hydrogen (secondary N) is 1. The van der Waals surface area contributed by atoms with Crippen LogP contribution in [0.25, 0.3) is 0 Å². The fourth-order valence-corrected chi connectivity index (χ4v) is 8.42. The normalized spacial score (nSPS) is 26.9. The highest BCUT2D eigenvalue weighted by Crippen LogP contribution is 2.59. The van der Waals surface area contributed by atoms with E-state index in [0.717, 1.165) is 17.7 Å². The lowest BCUT2D eigenvalue weighted by atomic mass is 9.95. The van der Waals surface area contributed by atoms with Crippen LogP contribution in [0.5, 0.6) is 0 Å². The zero-order valence-corrected chi connectivity index (χ0v) is 21.2. The molecule has 3 aliphatic rings. The zero-order chi connectivity index (χ0) is 25.2. The Kier molecular flexibility index (Phi) is 5.24. The summed E-state index contributed by atoms with van der Waals surface area (Å²) >= 11 is 3.78. The minimum atomic E-state index is -4.22. The van der Waals surface area contributed by atoms with Gasteiger partial charge in [0.05, 0.1) is 14.9 Å². The molecule has 36 heavy (non-hydrogen) atoms. The van der Waals surface area contributed by atoms with E-state index in [1.54, 1.807) is 24.3 Å². The summed E-state index contributed by atoms with van der Waals surface area (Å²) in [6.45, 7) is 0. The number of rotatable bonds is 4. The zero-order valence-electron chi connectivity index (χ0n) is 18.8. The third kappa shape index (κ3) is 3.31. The number of piperazine rings is 1. The minimum absolute atomic E-state index is 0.103. The molecule has 0 spiro atoms. The molecule has 3 aliphatic heterocycles. The maximum Gasteiger partial charge on any atom is 0.266 e. The van der Waals surface area contributed by atoms with E-state index in [4.69, 9.17) is 0 Å². The molecule has 0 aromatic heterocycles. The second-order valence-electron chi connectivity index (χ2n) is 9.22. The summed E-state index contributed by atoms with van der Waals surface area (Å²) in [5.74, 6) is -1.22. The van der Waals surface area contributed by atoms with Gasteiger partial charge < -0.3 is 10.2 Å². The van der Waals surface area contributed by atoms with Gasteiger partial charge in [-0.2, -0.15) is 0 Å². The molecule has 10 heteroatoms. The van der Waals surface area contributed by atoms with Crippen LogP contribution < -0.4 is 9.62 Å². The van der Waals surface area contributed by atoms with Gasteiger partial charge in [-0.3, -0.25) is 9.59 Å². The first-order valence-electron chi connectivity index (χ1n) is 11.5. The Morgan fingerprint density at radius 1 is 0.972 bits per heavy atom. The van der Waals surface area contributed by atoms with E-state index in [1.165, 1.54) is 21.3 Å². The Morgan fingerprint density at radius 2 is 1.64 bits per heavy atom. The Bertz CT molecular complexity index is 1480. The number of carbonyl (C=O) groups excluding carboxylic acids is 2. The van der Waals surface area contributed by atoms with E-state index in [9.17, 15) is 22.4 Å². The van der Waals surface area contributed by atoms with Crippen LogP contribution in [0.1, 0.15) is 17.5 Å². The van der Waals surface area contributed by atoms with Crippen LogP contribution in [0.3, 0.4) is 0 Å². The Hall–Kier alpha value is -3.24. The van der Waals surface area contributed by atoms with Gasteiger partial charge >= 0.3 is 0 Å². The lowest BCUT2D eigenvalue weighted by molar-refractivity contribution is -0.148. The fourth-order valence-electron chi connectivity index (χ4n) is 5.54. The number of nitrogens with zero attached hydrogens (tertiary/aromatic N) is 2. The molecule has 2 amide bonds. The molecule has 2 fully saturated rings. The van der Waals surface area contributed by atoms with Crippen molar-refractivity contribution in [2.45, 2.75) is 40.3 Å². The summed E-state index contributed by atoms with van der Waals surface area (Å²) in [5, 5.41) is 2.85. The van der Waals surface area contributed by atoms with Crippen molar-refractivity contribution in [2.75, 3.05) is 4.31 Å². The highest BCUT2D eigenvalue weighted by atomic mass is 79.9. The lowest BCUT2D eigenvalue weighted by Crippen LogP contribution is -2.66. The Labute approximate surface area is 216 Å². The van der Waals surface area contributed by atoms with Crippen LogP contribution in [0.4, 0.5) is 10.1 Å². The van der Waals surface area contributed by atoms with Crippen molar-refractivity contribution in [1.29, 1.82) is 0 Å². The molecule has 3 aromatic carbocycles. The lowest BCUT2D eigenvalue weighted by Gasteiger charge is -2.41. The van der Waals surface area contributed by atoms with Crippen LogP contribution in [0, 0.1) is 5.82 Å². The molecule has 0 unspecified atom stereocenters. The van der Waals surface area contributed by atoms with Gasteiger partial charge in [-0.15, -0.1) is 0 Å². The summed E-state index contributed by atoms with van der Waals surface area (Å²) in [5.41, 5.74) is 1.97. The molecule has 0 saturated carbocycles. The summed E-state index contributed by atoms with van der Waals surface area (Å²) in [6.07, 6.45) is -0.514. The first-order valence-corrected chi connectivity index (χ1v) is 13.7. The van der Waals surface area contributed by atoms with Crippen molar-refractivity contribution >= 4 is 43.5 Å². The van der Waals surface area contributed by atoms with Crippen LogP contribution in [-0.2, 0) is 30.4 Å². The van der Waals surface area contributed by atoms with E-state index in [-0.39, 0.29) is 29.6 Å². The molecule has 2 saturated heterocycles. The molecule has 0 radical (unpaired) electrons. The standard InChI is InChI=1S/C26H21BrFN3O4S/c27-26-15-22-23(32)29-20(14-16-6-2-1-3-7-16)24(33)30(22)25(26)31(21-9-5-4-8-19(21)26)36(34,35)18-12-10-17(28)11-13-18/h1-13,20,22,25H,14-15H2,(H,29,32)/t20-,22-,25+,26+/m0/s1. The average molecular weight is 570 g/mol. The predicted molar refractivity (Wildman–Crippen MR) is 134 cm³/mol. The second kappa shape index (κ2) is 8.14. The maximum absolute atomic E-state index is 14.0. The van der Waals surface area contributed by atoms with Crippen molar-refractivity contribution in [1.82, 2.24) is 10.2 Å². The third-order valence-corrected chi connectivity index (χ3v) is 10.1. The number of hydrogen-bond donors (Lipinski definition) is 1. The summed E-state index contributed by atoms with van der Waals surface area (Å²) in [4.78, 5) is 28.4. The number of hydrogen-bond acceptors (Lipinski definition) is 4. The van der Waals surface area contributed by atoms with Crippen LogP contribution >= 0.6 is 15.9 Å². The van der Waals surface area contributed by atoms with Gasteiger partial charge in [-0.25, -0.2) is 17.1 Å². The molecule has 3 aromatic rings. The molecule has 7 nitrogen and oxygen atoms in total. The van der Waals surface area contributed by atoms with E-state index in [1.807, 2.05) is 30.3 Å². The SMILES string of the molecule is O=C1N[C@@H](Cc2ccccc2)C(=O)N2[C@@H]3N(S(=O)(=O)c4ccc(F)cc4)c4ccccc4[C@]3(Br)C[C@@H]12. The first-order chi connectivity index (χ1) is 17.2. The van der Waals surface area contributed by atoms with E-state index in [0.29, 0.717) is 11.3 Å². The number of amides is 2. The maximum atomic E-state index is 14.0. The van der Waals surface area contributed by atoms with Gasteiger partial charge in [-0.1, -0.05) is 64.5 Å². The fraction of sp³-hybridized carbons (Fsp3) is 0.231. The topological polar surface area (TPSA) is 86.8 Å². The quantitative estimate of drug-likeness (QED) is 0.488. The van der Waals surface area contributed by atoms with Crippen molar-refractivity contribution in [3.63, 3.8) is 0 Å². The number of sulfonamides is 1. The molecule has 3 heterocycles. The molecule has 6 rings (SSSR count). The van der Waals surface area contributed by atoms with Gasteiger partial charge in [-0.05, 0) is 41.5 Å². The minimum Gasteiger partial charge on any atom is -0.342 e. The number of carbonyl (C=O) groups is 2. The van der Waals surface area contributed by atoms with Crippen molar-refractivity contribution in [3.8, 4) is 0 Å². The highest BCUT2D eigenvalue weighted by Gasteiger charge is 2.66. The van der Waals surface area contributed by atoms with Crippen LogP contribution in [0.15, 0.2) is 83.8 Å². The number of alkyl halides is 1. The number of halogens is 2. The molecular formula is C26H21BrFN3O4S. The predicted octanol–water partition coefficient (Wildman–Crippen LogP) is 3.29. The van der Waals surface area contributed by atoms with Gasteiger partial charge in [0, 0.05) is 12.8 Å². The monoisotopic (exact) mass is 569 g/mol. The number of benzene rings is 3. The van der Waals surface area contributed by atoms with Crippen molar-refractivity contribution in [2.24, 2.45) is 0 Å². The molecule has 1 N–H and O–H groups in total.